The molecule has 0 spiro atoms. The maximum atomic E-state index is 13.1. The zero-order chi connectivity index (χ0) is 20.1. The Labute approximate surface area is 167 Å². The molecule has 1 fully saturated rings. The van der Waals surface area contributed by atoms with E-state index in [0.29, 0.717) is 11.5 Å². The summed E-state index contributed by atoms with van der Waals surface area (Å²) in [7, 11) is 0. The molecule has 0 aliphatic carbocycles. The minimum absolute atomic E-state index is 0.0287. The highest BCUT2D eigenvalue weighted by atomic mass is 35.5. The fourth-order valence-electron chi connectivity index (χ4n) is 3.04. The van der Waals surface area contributed by atoms with E-state index >= 15 is 0 Å². The van der Waals surface area contributed by atoms with E-state index in [9.17, 15) is 14.0 Å². The normalized spacial score (nSPS) is 15.2. The van der Waals surface area contributed by atoms with Gasteiger partial charge in [0.15, 0.2) is 5.76 Å². The Morgan fingerprint density at radius 1 is 1.25 bits per heavy atom. The van der Waals surface area contributed by atoms with Crippen molar-refractivity contribution in [1.82, 2.24) is 10.2 Å². The Bertz CT molecular complexity index is 848. The highest BCUT2D eigenvalue weighted by Crippen LogP contribution is 2.26. The molecule has 1 saturated heterocycles. The van der Waals surface area contributed by atoms with E-state index in [-0.39, 0.29) is 23.3 Å². The number of piperidine rings is 1. The van der Waals surface area contributed by atoms with Crippen LogP contribution in [0, 0.1) is 5.82 Å². The van der Waals surface area contributed by atoms with Gasteiger partial charge in [-0.3, -0.25) is 9.59 Å². The lowest BCUT2D eigenvalue weighted by atomic mass is 10.1. The maximum absolute atomic E-state index is 13.1. The van der Waals surface area contributed by atoms with Crippen LogP contribution in [-0.4, -0.2) is 35.8 Å². The van der Waals surface area contributed by atoms with Crippen LogP contribution in [0.2, 0.25) is 5.02 Å². The minimum Gasteiger partial charge on any atom is -0.484 e. The molecule has 2 heterocycles. The van der Waals surface area contributed by atoms with E-state index in [1.54, 1.807) is 17.9 Å². The van der Waals surface area contributed by atoms with Crippen molar-refractivity contribution in [2.24, 2.45) is 0 Å². The van der Waals surface area contributed by atoms with Gasteiger partial charge in [0.25, 0.3) is 5.91 Å². The summed E-state index contributed by atoms with van der Waals surface area (Å²) in [6.45, 7) is 3.15. The number of ether oxygens (including phenoxy) is 1. The van der Waals surface area contributed by atoms with Crippen molar-refractivity contribution in [3.63, 3.8) is 0 Å². The van der Waals surface area contributed by atoms with Crippen molar-refractivity contribution in [2.75, 3.05) is 13.1 Å². The second-order valence-electron chi connectivity index (χ2n) is 6.71. The van der Waals surface area contributed by atoms with Gasteiger partial charge in [0.2, 0.25) is 5.91 Å². The third-order valence-electron chi connectivity index (χ3n) is 4.54. The first kappa shape index (κ1) is 20.2. The summed E-state index contributed by atoms with van der Waals surface area (Å²) < 4.78 is 24.0. The number of nitrogens with zero attached hydrogens (tertiary/aromatic N) is 1. The van der Waals surface area contributed by atoms with Gasteiger partial charge in [-0.1, -0.05) is 11.6 Å². The number of rotatable bonds is 6. The second-order valence-corrected chi connectivity index (χ2v) is 7.12. The zero-order valence-corrected chi connectivity index (χ0v) is 16.3. The Kier molecular flexibility index (Phi) is 6.57. The van der Waals surface area contributed by atoms with Crippen LogP contribution in [0.4, 0.5) is 4.39 Å². The molecule has 6 nitrogen and oxygen atoms in total. The van der Waals surface area contributed by atoms with Gasteiger partial charge in [-0.05, 0) is 56.5 Å². The standard InChI is InChI=1S/C20H22ClFN2O4/c1-13(20(26)24-9-3-2-4-10-24)23-19(25)18-8-6-15(28-18)12-27-17-7-5-14(22)11-16(17)21/h5-8,11,13H,2-4,9-10,12H2,1H3,(H,23,25). The quantitative estimate of drug-likeness (QED) is 0.789. The largest absolute Gasteiger partial charge is 0.484 e. The van der Waals surface area contributed by atoms with Gasteiger partial charge in [-0.15, -0.1) is 0 Å². The lowest BCUT2D eigenvalue weighted by Gasteiger charge is -2.29. The average molecular weight is 409 g/mol. The molecule has 2 amide bonds. The number of nitrogens with one attached hydrogen (secondary N) is 1. The topological polar surface area (TPSA) is 71.8 Å². The third-order valence-corrected chi connectivity index (χ3v) is 4.83. The van der Waals surface area contributed by atoms with Crippen LogP contribution in [0.15, 0.2) is 34.7 Å². The second kappa shape index (κ2) is 9.10. The van der Waals surface area contributed by atoms with Gasteiger partial charge in [-0.2, -0.15) is 0 Å². The molecule has 0 saturated carbocycles. The minimum atomic E-state index is -0.631. The van der Waals surface area contributed by atoms with Crippen LogP contribution in [0.3, 0.4) is 0 Å². The van der Waals surface area contributed by atoms with Crippen LogP contribution in [0.1, 0.15) is 42.5 Å². The van der Waals surface area contributed by atoms with Crippen molar-refractivity contribution in [3.8, 4) is 5.75 Å². The molecule has 1 atom stereocenters. The van der Waals surface area contributed by atoms with E-state index in [2.05, 4.69) is 5.32 Å². The molecule has 1 aromatic carbocycles. The van der Waals surface area contributed by atoms with Crippen LogP contribution in [0.5, 0.6) is 5.75 Å². The van der Waals surface area contributed by atoms with E-state index < -0.39 is 17.8 Å². The Morgan fingerprint density at radius 3 is 2.71 bits per heavy atom. The predicted molar refractivity (Wildman–Crippen MR) is 102 cm³/mol. The molecule has 150 valence electrons. The Balaban J connectivity index is 1.53. The first-order chi connectivity index (χ1) is 13.4. The summed E-state index contributed by atoms with van der Waals surface area (Å²) in [5.74, 6) is -0.213. The van der Waals surface area contributed by atoms with Crippen LogP contribution >= 0.6 is 11.6 Å². The van der Waals surface area contributed by atoms with Gasteiger partial charge >= 0.3 is 0 Å². The van der Waals surface area contributed by atoms with Gasteiger partial charge in [0.05, 0.1) is 5.02 Å². The first-order valence-electron chi connectivity index (χ1n) is 9.20. The van der Waals surface area contributed by atoms with E-state index in [1.807, 2.05) is 0 Å². The number of furan rings is 1. The molecule has 28 heavy (non-hydrogen) atoms. The molecular weight excluding hydrogens is 387 g/mol. The highest BCUT2D eigenvalue weighted by Gasteiger charge is 2.24. The average Bonchev–Trinajstić information content (AvgIpc) is 3.16. The fraction of sp³-hybridized carbons (Fsp3) is 0.400. The molecule has 1 aromatic heterocycles. The van der Waals surface area contributed by atoms with Crippen LogP contribution in [0.25, 0.3) is 0 Å². The lowest BCUT2D eigenvalue weighted by Crippen LogP contribution is -2.48. The van der Waals surface area contributed by atoms with Crippen molar-refractivity contribution >= 4 is 23.4 Å². The molecule has 2 aromatic rings. The molecule has 1 aliphatic rings. The summed E-state index contributed by atoms with van der Waals surface area (Å²) in [5.41, 5.74) is 0. The van der Waals surface area contributed by atoms with E-state index in [0.717, 1.165) is 38.4 Å². The molecule has 1 N–H and O–H groups in total. The number of benzene rings is 1. The van der Waals surface area contributed by atoms with Gasteiger partial charge in [0, 0.05) is 13.1 Å². The summed E-state index contributed by atoms with van der Waals surface area (Å²) in [5, 5.41) is 2.82. The van der Waals surface area contributed by atoms with Gasteiger partial charge in [0.1, 0.15) is 30.0 Å². The maximum Gasteiger partial charge on any atom is 0.287 e. The number of likely N-dealkylation sites (tertiary alicyclic amines) is 1. The zero-order valence-electron chi connectivity index (χ0n) is 15.5. The van der Waals surface area contributed by atoms with E-state index in [4.69, 9.17) is 20.8 Å². The number of carbonyl (C=O) groups is 2. The number of hydrogen-bond acceptors (Lipinski definition) is 4. The molecule has 1 unspecified atom stereocenters. The van der Waals surface area contributed by atoms with Crippen LogP contribution < -0.4 is 10.1 Å². The fourth-order valence-corrected chi connectivity index (χ4v) is 3.26. The van der Waals surface area contributed by atoms with Gasteiger partial charge < -0.3 is 19.4 Å². The Morgan fingerprint density at radius 2 is 2.00 bits per heavy atom. The highest BCUT2D eigenvalue weighted by molar-refractivity contribution is 6.32. The van der Waals surface area contributed by atoms with Gasteiger partial charge in [-0.25, -0.2) is 4.39 Å². The van der Waals surface area contributed by atoms with E-state index in [1.165, 1.54) is 18.2 Å². The third kappa shape index (κ3) is 5.04. The predicted octanol–water partition coefficient (Wildman–Crippen LogP) is 3.78. The molecule has 0 radical (unpaired) electrons. The SMILES string of the molecule is CC(NC(=O)c1ccc(COc2ccc(F)cc2Cl)o1)C(=O)N1CCCCC1. The monoisotopic (exact) mass is 408 g/mol. The number of amides is 2. The summed E-state index contributed by atoms with van der Waals surface area (Å²) in [4.78, 5) is 26.5. The number of halogens is 2. The summed E-state index contributed by atoms with van der Waals surface area (Å²) in [6.07, 6.45) is 3.11. The molecule has 3 rings (SSSR count). The summed E-state index contributed by atoms with van der Waals surface area (Å²) in [6, 6.07) is 6.29. The molecular formula is C20H22ClFN2O4. The number of hydrogen-bond donors (Lipinski definition) is 1. The summed E-state index contributed by atoms with van der Waals surface area (Å²) >= 11 is 5.91. The molecule has 1 aliphatic heterocycles. The van der Waals surface area contributed by atoms with Crippen LogP contribution in [-0.2, 0) is 11.4 Å². The van der Waals surface area contributed by atoms with Crippen molar-refractivity contribution in [1.29, 1.82) is 0 Å². The molecule has 0 bridgehead atoms. The van der Waals surface area contributed by atoms with Crippen molar-refractivity contribution < 1.29 is 23.1 Å². The lowest BCUT2D eigenvalue weighted by molar-refractivity contribution is -0.133. The Hall–Kier alpha value is -2.54. The smallest absolute Gasteiger partial charge is 0.287 e. The molecule has 8 heteroatoms. The van der Waals surface area contributed by atoms with Crippen molar-refractivity contribution in [3.05, 3.63) is 52.7 Å². The first-order valence-corrected chi connectivity index (χ1v) is 9.58. The number of carbonyl (C=O) groups excluding carboxylic acids is 2. The van der Waals surface area contributed by atoms with Crippen molar-refractivity contribution in [2.45, 2.75) is 38.8 Å².